The molecule has 0 radical (unpaired) electrons. The number of halogens is 2. The zero-order valence-electron chi connectivity index (χ0n) is 28.0. The van der Waals surface area contributed by atoms with Gasteiger partial charge in [-0.3, -0.25) is 4.90 Å². The first kappa shape index (κ1) is 25.3. The van der Waals surface area contributed by atoms with E-state index >= 15 is 4.39 Å². The predicted molar refractivity (Wildman–Crippen MR) is 165 cm³/mol. The van der Waals surface area contributed by atoms with E-state index < -0.39 is 31.0 Å². The lowest BCUT2D eigenvalue weighted by Crippen LogP contribution is -2.34. The highest BCUT2D eigenvalue weighted by atomic mass is 35.5. The van der Waals surface area contributed by atoms with Gasteiger partial charge >= 0.3 is 5.97 Å². The molecule has 0 amide bonds. The Hall–Kier alpha value is -3.99. The minimum atomic E-state index is -2.83. The van der Waals surface area contributed by atoms with Gasteiger partial charge in [-0.25, -0.2) is 19.2 Å². The van der Waals surface area contributed by atoms with Gasteiger partial charge in [0.2, 0.25) is 0 Å². The van der Waals surface area contributed by atoms with Crippen LogP contribution in [-0.4, -0.2) is 61.8 Å². The first-order valence-corrected chi connectivity index (χ1v) is 14.8. The highest BCUT2D eigenvalue weighted by Crippen LogP contribution is 2.46. The molecule has 2 atom stereocenters. The number of aliphatic hydroxyl groups excluding tert-OH is 1. The van der Waals surface area contributed by atoms with E-state index in [1.54, 1.807) is 22.8 Å². The van der Waals surface area contributed by atoms with Crippen LogP contribution < -0.4 is 9.47 Å². The van der Waals surface area contributed by atoms with Crippen LogP contribution in [0.3, 0.4) is 0 Å². The average Bonchev–Trinajstić information content (AvgIpc) is 3.35. The number of ether oxygens (including phenoxy) is 2. The largest absolute Gasteiger partial charge is 0.496 e. The maximum Gasteiger partial charge on any atom is 0.354 e. The van der Waals surface area contributed by atoms with E-state index in [9.17, 15) is 15.0 Å². The fourth-order valence-corrected chi connectivity index (χ4v) is 6.01. The number of carboxylic acid groups (broad SMARTS) is 1. The number of methoxy groups -OCH3 is 1. The number of aliphatic hydroxyl groups is 1. The zero-order chi connectivity index (χ0) is 34.4. The molecule has 230 valence electrons. The highest BCUT2D eigenvalue weighted by Gasteiger charge is 2.31. The Labute approximate surface area is 265 Å². The average molecular weight is 625 g/mol. The van der Waals surface area contributed by atoms with Crippen molar-refractivity contribution in [3.05, 3.63) is 87.8 Å². The van der Waals surface area contributed by atoms with Crippen molar-refractivity contribution in [1.29, 1.82) is 0 Å². The standard InChI is InChI=1S/C33H34ClFN4O5/c1-3-21(40)17-39-30(36-26-9-10-27(33(41)42)37-32(26)39)18-38-13-11-19(12-14-38)22-5-4-6-23-25(35)16-29(44-31(22)23)24-8-7-20(34)15-28(24)43-2/h4-10,15-16,19,21,29,40H,3,11-14,17-18H2,1-2H3,(H,41,42)/t21-,29+/m0/s1/i2D3,29D. The molecule has 0 bridgehead atoms. The van der Waals surface area contributed by atoms with Crippen molar-refractivity contribution in [3.63, 3.8) is 0 Å². The van der Waals surface area contributed by atoms with Gasteiger partial charge in [0.25, 0.3) is 0 Å². The smallest absolute Gasteiger partial charge is 0.354 e. The molecule has 44 heavy (non-hydrogen) atoms. The summed E-state index contributed by atoms with van der Waals surface area (Å²) in [6, 6.07) is 12.4. The van der Waals surface area contributed by atoms with Crippen LogP contribution >= 0.6 is 11.6 Å². The Morgan fingerprint density at radius 2 is 2.05 bits per heavy atom. The lowest BCUT2D eigenvalue weighted by Gasteiger charge is -2.34. The van der Waals surface area contributed by atoms with E-state index in [0.29, 0.717) is 55.9 Å². The Balaban J connectivity index is 1.24. The van der Waals surface area contributed by atoms with Gasteiger partial charge in [-0.2, -0.15) is 0 Å². The summed E-state index contributed by atoms with van der Waals surface area (Å²) in [5.74, 6) is -1.18. The number of rotatable bonds is 9. The van der Waals surface area contributed by atoms with Gasteiger partial charge in [0.1, 0.15) is 34.7 Å². The van der Waals surface area contributed by atoms with Crippen molar-refractivity contribution in [2.45, 2.75) is 57.4 Å². The molecule has 0 unspecified atom stereocenters. The van der Waals surface area contributed by atoms with Crippen molar-refractivity contribution in [2.75, 3.05) is 20.1 Å². The number of aromatic nitrogens is 3. The molecule has 9 nitrogen and oxygen atoms in total. The summed E-state index contributed by atoms with van der Waals surface area (Å²) < 4.78 is 60.7. The lowest BCUT2D eigenvalue weighted by molar-refractivity contribution is 0.0691. The molecule has 2 aliphatic heterocycles. The molecule has 11 heteroatoms. The SMILES string of the molecule is [2H]C([2H])([2H])Oc1cc(Cl)ccc1[C@@]1([2H])C=C(F)c2cccc(C3CCN(Cc4nc5ccc(C(=O)O)nc5n4C[C@@H](O)CC)CC3)c2O1. The maximum atomic E-state index is 15.7. The van der Waals surface area contributed by atoms with Crippen molar-refractivity contribution < 1.29 is 34.4 Å². The third-order valence-corrected chi connectivity index (χ3v) is 8.47. The molecule has 1 saturated heterocycles. The quantitative estimate of drug-likeness (QED) is 0.221. The summed E-state index contributed by atoms with van der Waals surface area (Å²) >= 11 is 6.10. The second kappa shape index (κ2) is 12.6. The van der Waals surface area contributed by atoms with Crippen LogP contribution in [0.4, 0.5) is 4.39 Å². The molecule has 4 heterocycles. The Bertz CT molecular complexity index is 1900. The van der Waals surface area contributed by atoms with Gasteiger partial charge in [-0.05, 0) is 86.3 Å². The first-order chi connectivity index (χ1) is 22.7. The van der Waals surface area contributed by atoms with Crippen LogP contribution in [0.1, 0.15) is 76.7 Å². The van der Waals surface area contributed by atoms with Crippen molar-refractivity contribution in [1.82, 2.24) is 19.4 Å². The summed E-state index contributed by atoms with van der Waals surface area (Å²) in [6.45, 7) is 3.84. The zero-order valence-corrected chi connectivity index (χ0v) is 24.7. The van der Waals surface area contributed by atoms with Crippen molar-refractivity contribution in [3.8, 4) is 11.5 Å². The van der Waals surface area contributed by atoms with E-state index in [-0.39, 0.29) is 45.8 Å². The first-order valence-electron chi connectivity index (χ1n) is 16.4. The number of piperidine rings is 1. The molecular weight excluding hydrogens is 587 g/mol. The Morgan fingerprint density at radius 1 is 1.23 bits per heavy atom. The number of hydrogen-bond donors (Lipinski definition) is 2. The summed E-state index contributed by atoms with van der Waals surface area (Å²) in [7, 11) is -2.83. The summed E-state index contributed by atoms with van der Waals surface area (Å²) in [5, 5.41) is 20.1. The Kier molecular flexibility index (Phi) is 7.23. The van der Waals surface area contributed by atoms with Crippen LogP contribution in [0, 0.1) is 0 Å². The molecule has 0 spiro atoms. The Morgan fingerprint density at radius 3 is 2.80 bits per heavy atom. The van der Waals surface area contributed by atoms with Gasteiger partial charge in [0, 0.05) is 10.6 Å². The third kappa shape index (κ3) is 5.89. The monoisotopic (exact) mass is 624 g/mol. The summed E-state index contributed by atoms with van der Waals surface area (Å²) in [5.41, 5.74) is 1.79. The van der Waals surface area contributed by atoms with Crippen molar-refractivity contribution in [2.24, 2.45) is 0 Å². The van der Waals surface area contributed by atoms with E-state index in [4.69, 9.17) is 31.5 Å². The van der Waals surface area contributed by atoms with Crippen molar-refractivity contribution >= 4 is 34.6 Å². The number of hydrogen-bond acceptors (Lipinski definition) is 7. The van der Waals surface area contributed by atoms with Crippen LogP contribution in [0.5, 0.6) is 11.5 Å². The fourth-order valence-electron chi connectivity index (χ4n) is 5.85. The van der Waals surface area contributed by atoms with E-state index in [0.717, 1.165) is 11.6 Å². The molecule has 4 aromatic rings. The molecule has 2 aliphatic rings. The summed E-state index contributed by atoms with van der Waals surface area (Å²) in [6.07, 6.45) is 0.0819. The molecule has 2 aromatic heterocycles. The maximum absolute atomic E-state index is 15.7. The van der Waals surface area contributed by atoms with E-state index in [1.807, 2.05) is 13.0 Å². The predicted octanol–water partition coefficient (Wildman–Crippen LogP) is 6.39. The second-order valence-corrected chi connectivity index (χ2v) is 11.5. The van der Waals surface area contributed by atoms with E-state index in [1.165, 1.54) is 24.3 Å². The van der Waals surface area contributed by atoms with Crippen LogP contribution in [0.2, 0.25) is 5.02 Å². The molecule has 2 N–H and O–H groups in total. The highest BCUT2D eigenvalue weighted by molar-refractivity contribution is 6.30. The normalized spacial score (nSPS) is 21.3. The van der Waals surface area contributed by atoms with Crippen LogP contribution in [0.25, 0.3) is 17.0 Å². The van der Waals surface area contributed by atoms with Crippen LogP contribution in [0.15, 0.2) is 54.6 Å². The topological polar surface area (TPSA) is 110 Å². The molecule has 2 aromatic carbocycles. The minimum Gasteiger partial charge on any atom is -0.496 e. The number of carboxylic acids is 1. The van der Waals surface area contributed by atoms with E-state index in [2.05, 4.69) is 9.88 Å². The van der Waals surface area contributed by atoms with Crippen LogP contribution in [-0.2, 0) is 13.1 Å². The number of likely N-dealkylation sites (tertiary alicyclic amines) is 1. The molecule has 1 fully saturated rings. The molecule has 0 aliphatic carbocycles. The lowest BCUT2D eigenvalue weighted by atomic mass is 9.86. The number of benzene rings is 2. The van der Waals surface area contributed by atoms with Gasteiger partial charge < -0.3 is 24.3 Å². The number of carbonyl (C=O) groups is 1. The molecular formula is C33H34ClFN4O5. The number of nitrogens with zero attached hydrogens (tertiary/aromatic N) is 4. The number of pyridine rings is 1. The second-order valence-electron chi connectivity index (χ2n) is 11.0. The van der Waals surface area contributed by atoms with Gasteiger partial charge in [0.05, 0.1) is 37.3 Å². The summed E-state index contributed by atoms with van der Waals surface area (Å²) in [4.78, 5) is 22.8. The van der Waals surface area contributed by atoms with Gasteiger partial charge in [-0.1, -0.05) is 30.7 Å². The fraction of sp³-hybridized carbons (Fsp3) is 0.364. The molecule has 6 rings (SSSR count). The van der Waals surface area contributed by atoms with Gasteiger partial charge in [-0.15, -0.1) is 0 Å². The van der Waals surface area contributed by atoms with Gasteiger partial charge in [0.15, 0.2) is 11.3 Å². The molecule has 0 saturated carbocycles. The number of para-hydroxylation sites is 1. The minimum absolute atomic E-state index is 0.00510. The number of imidazole rings is 1. The number of fused-ring (bicyclic) bond motifs is 2. The third-order valence-electron chi connectivity index (χ3n) is 8.24. The number of aromatic carboxylic acids is 1.